The number of halogens is 1. The third-order valence-electron chi connectivity index (χ3n) is 3.19. The highest BCUT2D eigenvalue weighted by Crippen LogP contribution is 2.28. The first-order valence-corrected chi connectivity index (χ1v) is 7.31. The van der Waals surface area contributed by atoms with E-state index in [1.165, 1.54) is 11.5 Å². The van der Waals surface area contributed by atoms with Crippen LogP contribution in [0.4, 0.5) is 9.52 Å². The molecule has 0 aliphatic carbocycles. The number of anilines is 1. The average Bonchev–Trinajstić information content (AvgIpc) is 3.06. The number of esters is 1. The summed E-state index contributed by atoms with van der Waals surface area (Å²) in [7, 11) is 0. The van der Waals surface area contributed by atoms with Gasteiger partial charge >= 0.3 is 5.97 Å². The molecule has 2 unspecified atom stereocenters. The topological polar surface area (TPSA) is 55.3 Å². The number of carbonyl (C=O) groups excluding carboxylic acids is 1. The zero-order chi connectivity index (χ0) is 13.8. The number of alkyl halides is 1. The Balaban J connectivity index is 1.94. The maximum atomic E-state index is 13.9. The van der Waals surface area contributed by atoms with E-state index >= 15 is 0 Å². The van der Waals surface area contributed by atoms with E-state index in [0.717, 1.165) is 17.4 Å². The molecule has 1 fully saturated rings. The molecule has 7 heteroatoms. The van der Waals surface area contributed by atoms with Crippen LogP contribution in [0.15, 0.2) is 0 Å². The van der Waals surface area contributed by atoms with Crippen molar-refractivity contribution in [2.24, 2.45) is 5.92 Å². The van der Waals surface area contributed by atoms with Gasteiger partial charge in [0.05, 0.1) is 6.61 Å². The molecule has 1 aromatic heterocycles. The van der Waals surface area contributed by atoms with Crippen molar-refractivity contribution in [2.75, 3.05) is 24.6 Å². The molecule has 0 radical (unpaired) electrons. The first kappa shape index (κ1) is 14.2. The van der Waals surface area contributed by atoms with E-state index in [-0.39, 0.29) is 12.5 Å². The minimum atomic E-state index is -1.54. The fourth-order valence-corrected chi connectivity index (χ4v) is 2.92. The molecule has 0 amide bonds. The third kappa shape index (κ3) is 3.20. The molecule has 0 aromatic carbocycles. The Morgan fingerprint density at radius 3 is 3.05 bits per heavy atom. The maximum Gasteiger partial charge on any atom is 0.341 e. The Morgan fingerprint density at radius 1 is 1.63 bits per heavy atom. The number of carbonyl (C=O) groups is 1. The number of hydrogen-bond acceptors (Lipinski definition) is 6. The van der Waals surface area contributed by atoms with E-state index in [0.29, 0.717) is 19.5 Å². The molecule has 5 nitrogen and oxygen atoms in total. The highest BCUT2D eigenvalue weighted by atomic mass is 32.1. The maximum absolute atomic E-state index is 13.9. The fraction of sp³-hybridized carbons (Fsp3) is 0.750. The molecule has 2 heterocycles. The molecule has 1 aliphatic heterocycles. The number of nitrogens with zero attached hydrogens (tertiary/aromatic N) is 3. The minimum Gasteiger partial charge on any atom is -0.464 e. The molecular formula is C12H18FN3O2S. The molecule has 2 atom stereocenters. The molecule has 0 bridgehead atoms. The van der Waals surface area contributed by atoms with Crippen LogP contribution in [0.2, 0.25) is 0 Å². The Hall–Kier alpha value is -1.24. The summed E-state index contributed by atoms with van der Waals surface area (Å²) in [5, 5.41) is 0.815. The van der Waals surface area contributed by atoms with Crippen molar-refractivity contribution in [3.05, 3.63) is 5.82 Å². The van der Waals surface area contributed by atoms with Crippen molar-refractivity contribution in [3.8, 4) is 0 Å². The predicted octanol–water partition coefficient (Wildman–Crippen LogP) is 1.83. The third-order valence-corrected chi connectivity index (χ3v) is 4.01. The molecule has 1 aliphatic rings. The van der Waals surface area contributed by atoms with E-state index in [4.69, 9.17) is 4.74 Å². The van der Waals surface area contributed by atoms with Gasteiger partial charge in [-0.15, -0.1) is 0 Å². The van der Waals surface area contributed by atoms with Gasteiger partial charge in [0.2, 0.25) is 11.3 Å². The first-order chi connectivity index (χ1) is 9.15. The van der Waals surface area contributed by atoms with Crippen molar-refractivity contribution < 1.29 is 13.9 Å². The van der Waals surface area contributed by atoms with Gasteiger partial charge in [0, 0.05) is 37.0 Å². The van der Waals surface area contributed by atoms with Gasteiger partial charge in [-0.05, 0) is 13.3 Å². The van der Waals surface area contributed by atoms with E-state index in [1.54, 1.807) is 6.92 Å². The summed E-state index contributed by atoms with van der Waals surface area (Å²) in [6, 6.07) is 0. The van der Waals surface area contributed by atoms with Gasteiger partial charge in [0.25, 0.3) is 0 Å². The summed E-state index contributed by atoms with van der Waals surface area (Å²) in [5.41, 5.74) is 0. The van der Waals surface area contributed by atoms with Crippen molar-refractivity contribution in [1.82, 2.24) is 9.36 Å². The Kier molecular flexibility index (Phi) is 4.68. The highest BCUT2D eigenvalue weighted by Gasteiger charge is 2.36. The summed E-state index contributed by atoms with van der Waals surface area (Å²) >= 11 is 1.33. The quantitative estimate of drug-likeness (QED) is 0.773. The lowest BCUT2D eigenvalue weighted by Crippen LogP contribution is -2.30. The molecule has 0 spiro atoms. The molecule has 1 saturated heterocycles. The van der Waals surface area contributed by atoms with Gasteiger partial charge in [-0.1, -0.05) is 6.92 Å². The normalized spacial score (nSPS) is 20.6. The largest absolute Gasteiger partial charge is 0.464 e. The van der Waals surface area contributed by atoms with E-state index in [2.05, 4.69) is 9.36 Å². The number of hydrogen-bond donors (Lipinski definition) is 0. The lowest BCUT2D eigenvalue weighted by molar-refractivity contribution is -0.150. The Morgan fingerprint density at radius 2 is 2.42 bits per heavy atom. The zero-order valence-corrected chi connectivity index (χ0v) is 12.0. The first-order valence-electron chi connectivity index (χ1n) is 6.53. The van der Waals surface area contributed by atoms with Crippen molar-refractivity contribution in [1.29, 1.82) is 0 Å². The number of ether oxygens (including phenoxy) is 1. The molecule has 0 N–H and O–H groups in total. The molecule has 1 aromatic rings. The second-order valence-corrected chi connectivity index (χ2v) is 5.23. The standard InChI is InChI=1S/C12H18FN3O2S/c1-3-9-14-12(19-15-9)16-6-5-8(7-16)10(13)11(17)18-4-2/h8,10H,3-7H2,1-2H3. The molecular weight excluding hydrogens is 269 g/mol. The van der Waals surface area contributed by atoms with Crippen LogP contribution in [0.25, 0.3) is 0 Å². The van der Waals surface area contributed by atoms with Crippen LogP contribution in [0, 0.1) is 5.92 Å². The average molecular weight is 287 g/mol. The summed E-state index contributed by atoms with van der Waals surface area (Å²) in [5.74, 6) is -0.250. The fourth-order valence-electron chi connectivity index (χ4n) is 2.13. The molecule has 106 valence electrons. The van der Waals surface area contributed by atoms with Crippen molar-refractivity contribution in [3.63, 3.8) is 0 Å². The van der Waals surface area contributed by atoms with Gasteiger partial charge in [-0.2, -0.15) is 4.37 Å². The molecule has 0 saturated carbocycles. The van der Waals surface area contributed by atoms with Gasteiger partial charge in [0.1, 0.15) is 5.82 Å². The van der Waals surface area contributed by atoms with Crippen LogP contribution in [0.1, 0.15) is 26.1 Å². The smallest absolute Gasteiger partial charge is 0.341 e. The highest BCUT2D eigenvalue weighted by molar-refractivity contribution is 7.09. The van der Waals surface area contributed by atoms with Crippen LogP contribution in [-0.2, 0) is 16.0 Å². The number of aryl methyl sites for hydroxylation is 1. The minimum absolute atomic E-state index is 0.214. The summed E-state index contributed by atoms with van der Waals surface area (Å²) in [4.78, 5) is 17.8. The number of aromatic nitrogens is 2. The van der Waals surface area contributed by atoms with E-state index in [1.807, 2.05) is 11.8 Å². The van der Waals surface area contributed by atoms with E-state index in [9.17, 15) is 9.18 Å². The van der Waals surface area contributed by atoms with Crippen LogP contribution in [0.5, 0.6) is 0 Å². The summed E-state index contributed by atoms with van der Waals surface area (Å²) < 4.78 is 22.9. The Labute approximate surface area is 115 Å². The lowest BCUT2D eigenvalue weighted by Gasteiger charge is -2.16. The monoisotopic (exact) mass is 287 g/mol. The van der Waals surface area contributed by atoms with Crippen LogP contribution >= 0.6 is 11.5 Å². The van der Waals surface area contributed by atoms with Crippen molar-refractivity contribution >= 4 is 22.6 Å². The van der Waals surface area contributed by atoms with Gasteiger partial charge in [0.15, 0.2) is 0 Å². The lowest BCUT2D eigenvalue weighted by atomic mass is 10.0. The summed E-state index contributed by atoms with van der Waals surface area (Å²) in [6.07, 6.45) is -0.105. The van der Waals surface area contributed by atoms with Crippen LogP contribution < -0.4 is 4.90 Å². The van der Waals surface area contributed by atoms with Crippen LogP contribution in [0.3, 0.4) is 0 Å². The predicted molar refractivity (Wildman–Crippen MR) is 71.1 cm³/mol. The van der Waals surface area contributed by atoms with E-state index < -0.39 is 12.1 Å². The van der Waals surface area contributed by atoms with Crippen molar-refractivity contribution in [2.45, 2.75) is 32.9 Å². The van der Waals surface area contributed by atoms with Crippen LogP contribution in [-0.4, -0.2) is 41.2 Å². The SMILES string of the molecule is CCOC(=O)C(F)C1CCN(c2nc(CC)ns2)C1. The Bertz CT molecular complexity index is 440. The van der Waals surface area contributed by atoms with Gasteiger partial charge in [-0.3, -0.25) is 0 Å². The summed E-state index contributed by atoms with van der Waals surface area (Å²) in [6.45, 7) is 5.10. The molecule has 19 heavy (non-hydrogen) atoms. The second-order valence-electron chi connectivity index (χ2n) is 4.50. The number of rotatable bonds is 5. The van der Waals surface area contributed by atoms with Gasteiger partial charge < -0.3 is 9.64 Å². The second kappa shape index (κ2) is 6.27. The van der Waals surface area contributed by atoms with Gasteiger partial charge in [-0.25, -0.2) is 14.2 Å². The zero-order valence-electron chi connectivity index (χ0n) is 11.1. The molecule has 2 rings (SSSR count).